The Morgan fingerprint density at radius 1 is 1.25 bits per heavy atom. The zero-order valence-corrected chi connectivity index (χ0v) is 11.1. The van der Waals surface area contributed by atoms with E-state index in [9.17, 15) is 13.2 Å². The van der Waals surface area contributed by atoms with Crippen molar-refractivity contribution in [2.24, 2.45) is 5.73 Å². The van der Waals surface area contributed by atoms with Crippen molar-refractivity contribution >= 4 is 0 Å². The fourth-order valence-electron chi connectivity index (χ4n) is 2.65. The monoisotopic (exact) mass is 288 g/mol. The zero-order valence-electron chi connectivity index (χ0n) is 11.1. The Morgan fingerprint density at radius 3 is 2.50 bits per heavy atom. The van der Waals surface area contributed by atoms with E-state index >= 15 is 0 Å². The van der Waals surface area contributed by atoms with Crippen LogP contribution in [0.15, 0.2) is 24.3 Å². The van der Waals surface area contributed by atoms with Crippen LogP contribution < -0.4 is 15.8 Å². The predicted molar refractivity (Wildman–Crippen MR) is 70.3 cm³/mol. The molecule has 20 heavy (non-hydrogen) atoms. The number of rotatable bonds is 5. The van der Waals surface area contributed by atoms with Gasteiger partial charge in [-0.1, -0.05) is 31.0 Å². The molecule has 1 atom stereocenters. The molecular weight excluding hydrogens is 269 g/mol. The van der Waals surface area contributed by atoms with Crippen molar-refractivity contribution < 1.29 is 17.9 Å². The molecule has 1 unspecified atom stereocenters. The van der Waals surface area contributed by atoms with Crippen LogP contribution in [0.2, 0.25) is 0 Å². The lowest BCUT2D eigenvalue weighted by Crippen LogP contribution is -2.35. The van der Waals surface area contributed by atoms with E-state index in [1.807, 2.05) is 0 Å². The van der Waals surface area contributed by atoms with Crippen LogP contribution in [0.3, 0.4) is 0 Å². The average molecular weight is 288 g/mol. The van der Waals surface area contributed by atoms with E-state index in [-0.39, 0.29) is 18.3 Å². The summed E-state index contributed by atoms with van der Waals surface area (Å²) in [6.45, 7) is 0.231. The van der Waals surface area contributed by atoms with Gasteiger partial charge in [-0.15, -0.1) is 13.2 Å². The van der Waals surface area contributed by atoms with E-state index in [1.54, 1.807) is 12.1 Å². The highest BCUT2D eigenvalue weighted by atomic mass is 19.4. The summed E-state index contributed by atoms with van der Waals surface area (Å²) in [6, 6.07) is 6.16. The summed E-state index contributed by atoms with van der Waals surface area (Å²) in [5, 5.41) is 3.34. The summed E-state index contributed by atoms with van der Waals surface area (Å²) < 4.78 is 41.3. The molecule has 0 radical (unpaired) electrons. The van der Waals surface area contributed by atoms with E-state index < -0.39 is 6.36 Å². The van der Waals surface area contributed by atoms with E-state index in [1.165, 1.54) is 12.1 Å². The van der Waals surface area contributed by atoms with Crippen molar-refractivity contribution in [3.05, 3.63) is 29.8 Å². The van der Waals surface area contributed by atoms with Gasteiger partial charge < -0.3 is 15.8 Å². The molecule has 1 fully saturated rings. The third-order valence-electron chi connectivity index (χ3n) is 3.55. The van der Waals surface area contributed by atoms with Crippen molar-refractivity contribution in [1.82, 2.24) is 5.32 Å². The minimum Gasteiger partial charge on any atom is -0.405 e. The van der Waals surface area contributed by atoms with E-state index in [2.05, 4.69) is 10.1 Å². The Balaban J connectivity index is 2.15. The summed E-state index contributed by atoms with van der Waals surface area (Å²) in [7, 11) is 0. The van der Waals surface area contributed by atoms with Gasteiger partial charge >= 0.3 is 6.36 Å². The summed E-state index contributed by atoms with van der Waals surface area (Å²) in [4.78, 5) is 0. The summed E-state index contributed by atoms with van der Waals surface area (Å²) in [6.07, 6.45) is -0.314. The van der Waals surface area contributed by atoms with Crippen LogP contribution in [-0.2, 0) is 0 Å². The normalized spacial score (nSPS) is 18.2. The lowest BCUT2D eigenvalue weighted by atomic mass is 10.0. The highest BCUT2D eigenvalue weighted by Crippen LogP contribution is 2.31. The Labute approximate surface area is 116 Å². The van der Waals surface area contributed by atoms with Crippen molar-refractivity contribution in [3.63, 3.8) is 0 Å². The smallest absolute Gasteiger partial charge is 0.405 e. The second kappa shape index (κ2) is 6.45. The van der Waals surface area contributed by atoms with Crippen LogP contribution in [-0.4, -0.2) is 18.9 Å². The van der Waals surface area contributed by atoms with Crippen LogP contribution in [0.4, 0.5) is 13.2 Å². The van der Waals surface area contributed by atoms with Gasteiger partial charge in [0.25, 0.3) is 0 Å². The number of alkyl halides is 3. The molecule has 0 aromatic heterocycles. The Bertz CT molecular complexity index is 431. The average Bonchev–Trinajstić information content (AvgIpc) is 2.88. The van der Waals surface area contributed by atoms with Crippen molar-refractivity contribution in [1.29, 1.82) is 0 Å². The Kier molecular flexibility index (Phi) is 4.88. The van der Waals surface area contributed by atoms with Gasteiger partial charge in [0.15, 0.2) is 0 Å². The Hall–Kier alpha value is -1.27. The molecular formula is C14H19F3N2O. The van der Waals surface area contributed by atoms with Crippen molar-refractivity contribution in [3.8, 4) is 5.75 Å². The van der Waals surface area contributed by atoms with Crippen LogP contribution in [0.5, 0.6) is 5.75 Å². The number of hydrogen-bond acceptors (Lipinski definition) is 3. The van der Waals surface area contributed by atoms with Crippen molar-refractivity contribution in [2.75, 3.05) is 6.54 Å². The Morgan fingerprint density at radius 2 is 1.90 bits per heavy atom. The third kappa shape index (κ3) is 4.11. The number of nitrogens with two attached hydrogens (primary N) is 1. The number of benzene rings is 1. The van der Waals surface area contributed by atoms with Crippen molar-refractivity contribution in [2.45, 2.75) is 44.1 Å². The maximum absolute atomic E-state index is 12.4. The van der Waals surface area contributed by atoms with Gasteiger partial charge in [0, 0.05) is 24.2 Å². The number of hydrogen-bond donors (Lipinski definition) is 2. The lowest BCUT2D eigenvalue weighted by molar-refractivity contribution is -0.275. The largest absolute Gasteiger partial charge is 0.573 e. The minimum absolute atomic E-state index is 0.180. The molecule has 6 heteroatoms. The van der Waals surface area contributed by atoms with Gasteiger partial charge in [0.2, 0.25) is 0 Å². The quantitative estimate of drug-likeness (QED) is 0.875. The lowest BCUT2D eigenvalue weighted by Gasteiger charge is -2.24. The van der Waals surface area contributed by atoms with Crippen LogP contribution in [0.25, 0.3) is 0 Å². The number of para-hydroxylation sites is 1. The molecule has 0 amide bonds. The molecule has 0 heterocycles. The first-order chi connectivity index (χ1) is 9.49. The number of halogens is 3. The minimum atomic E-state index is -4.69. The second-order valence-electron chi connectivity index (χ2n) is 5.02. The van der Waals surface area contributed by atoms with Crippen LogP contribution in [0.1, 0.15) is 37.3 Å². The SMILES string of the molecule is NCC(NC1CCCC1)c1ccccc1OC(F)(F)F. The predicted octanol–water partition coefficient (Wildman–Crippen LogP) is 3.12. The molecule has 3 nitrogen and oxygen atoms in total. The van der Waals surface area contributed by atoms with Crippen LogP contribution in [0, 0.1) is 0 Å². The number of ether oxygens (including phenoxy) is 1. The molecule has 0 saturated heterocycles. The first-order valence-electron chi connectivity index (χ1n) is 6.80. The topological polar surface area (TPSA) is 47.3 Å². The maximum atomic E-state index is 12.4. The van der Waals surface area contributed by atoms with E-state index in [4.69, 9.17) is 5.73 Å². The standard InChI is InChI=1S/C14H19F3N2O/c15-14(16,17)20-13-8-4-3-7-11(13)12(9-18)19-10-5-1-2-6-10/h3-4,7-8,10,12,19H,1-2,5-6,9,18H2. The molecule has 0 bridgehead atoms. The van der Waals surface area contributed by atoms with Gasteiger partial charge in [-0.2, -0.15) is 0 Å². The highest BCUT2D eigenvalue weighted by Gasteiger charge is 2.33. The zero-order chi connectivity index (χ0) is 14.6. The molecule has 1 aliphatic rings. The summed E-state index contributed by atoms with van der Waals surface area (Å²) >= 11 is 0. The maximum Gasteiger partial charge on any atom is 0.573 e. The van der Waals surface area contributed by atoms with Crippen LogP contribution >= 0.6 is 0 Å². The molecule has 1 aliphatic carbocycles. The molecule has 1 saturated carbocycles. The first kappa shape index (κ1) is 15.1. The highest BCUT2D eigenvalue weighted by molar-refractivity contribution is 5.36. The fraction of sp³-hybridized carbons (Fsp3) is 0.571. The summed E-state index contributed by atoms with van der Waals surface area (Å²) in [5.74, 6) is -0.180. The molecule has 3 N–H and O–H groups in total. The summed E-state index contributed by atoms with van der Waals surface area (Å²) in [5.41, 5.74) is 6.17. The molecule has 0 aliphatic heterocycles. The molecule has 2 rings (SSSR count). The van der Waals surface area contributed by atoms with Gasteiger partial charge in [-0.25, -0.2) is 0 Å². The molecule has 1 aromatic rings. The van der Waals surface area contributed by atoms with Gasteiger partial charge in [-0.3, -0.25) is 0 Å². The van der Waals surface area contributed by atoms with Gasteiger partial charge in [0.1, 0.15) is 5.75 Å². The van der Waals surface area contributed by atoms with E-state index in [0.29, 0.717) is 11.6 Å². The first-order valence-corrected chi connectivity index (χ1v) is 6.80. The molecule has 1 aromatic carbocycles. The van der Waals surface area contributed by atoms with Gasteiger partial charge in [-0.05, 0) is 18.9 Å². The molecule has 0 spiro atoms. The fourth-order valence-corrected chi connectivity index (χ4v) is 2.65. The molecule has 112 valence electrons. The number of nitrogens with one attached hydrogen (secondary N) is 1. The van der Waals surface area contributed by atoms with Gasteiger partial charge in [0.05, 0.1) is 0 Å². The third-order valence-corrected chi connectivity index (χ3v) is 3.55. The van der Waals surface area contributed by atoms with E-state index in [0.717, 1.165) is 25.7 Å². The second-order valence-corrected chi connectivity index (χ2v) is 5.02.